The average Bonchev–Trinajstić information content (AvgIpc) is 2.69. The van der Waals surface area contributed by atoms with E-state index < -0.39 is 0 Å². The van der Waals surface area contributed by atoms with Gasteiger partial charge < -0.3 is 30.2 Å². The van der Waals surface area contributed by atoms with Crippen LogP contribution in [-0.4, -0.2) is 39.1 Å². The highest BCUT2D eigenvalue weighted by Crippen LogP contribution is 2.38. The van der Waals surface area contributed by atoms with Gasteiger partial charge in [-0.1, -0.05) is 0 Å². The predicted molar refractivity (Wildman–Crippen MR) is 112 cm³/mol. The molecule has 0 spiro atoms. The van der Waals surface area contributed by atoms with E-state index in [0.29, 0.717) is 28.6 Å². The fourth-order valence-electron chi connectivity index (χ4n) is 2.83. The first kappa shape index (κ1) is 22.5. The second-order valence-corrected chi connectivity index (χ2v) is 6.38. The van der Waals surface area contributed by atoms with Gasteiger partial charge in [0, 0.05) is 37.3 Å². The molecule has 0 aromatic heterocycles. The summed E-state index contributed by atoms with van der Waals surface area (Å²) in [5, 5.41) is 8.03. The summed E-state index contributed by atoms with van der Waals surface area (Å²) in [7, 11) is 4.53. The molecule has 0 fully saturated rings. The summed E-state index contributed by atoms with van der Waals surface area (Å²) in [6, 6.07) is 8.09. The van der Waals surface area contributed by atoms with E-state index in [2.05, 4.69) is 16.0 Å². The summed E-state index contributed by atoms with van der Waals surface area (Å²) in [6.45, 7) is 2.90. The molecule has 0 saturated carbocycles. The van der Waals surface area contributed by atoms with Crippen LogP contribution in [0.4, 0.5) is 11.4 Å². The molecule has 3 N–H and O–H groups in total. The van der Waals surface area contributed by atoms with Crippen LogP contribution in [0.5, 0.6) is 17.2 Å². The minimum Gasteiger partial charge on any atom is -0.493 e. The molecule has 3 amide bonds. The maximum absolute atomic E-state index is 12.7. The molecular weight excluding hydrogens is 390 g/mol. The number of methoxy groups -OCH3 is 3. The summed E-state index contributed by atoms with van der Waals surface area (Å²) < 4.78 is 15.9. The molecular formula is C21H25N3O6. The lowest BCUT2D eigenvalue weighted by Crippen LogP contribution is -2.23. The van der Waals surface area contributed by atoms with E-state index in [-0.39, 0.29) is 29.8 Å². The van der Waals surface area contributed by atoms with Gasteiger partial charge in [0.1, 0.15) is 0 Å². The zero-order valence-corrected chi connectivity index (χ0v) is 17.5. The fraction of sp³-hybridized carbons (Fsp3) is 0.286. The Balaban J connectivity index is 2.25. The number of amides is 3. The van der Waals surface area contributed by atoms with E-state index in [4.69, 9.17) is 14.2 Å². The second kappa shape index (κ2) is 10.1. The van der Waals surface area contributed by atoms with Gasteiger partial charge in [0.15, 0.2) is 11.5 Å². The molecule has 2 aromatic rings. The minimum absolute atomic E-state index is 0.190. The van der Waals surface area contributed by atoms with Crippen molar-refractivity contribution < 1.29 is 28.6 Å². The topological polar surface area (TPSA) is 115 Å². The molecule has 2 rings (SSSR count). The van der Waals surface area contributed by atoms with Gasteiger partial charge in [0.05, 0.1) is 21.3 Å². The lowest BCUT2D eigenvalue weighted by molar-refractivity contribution is -0.115. The molecule has 0 heterocycles. The van der Waals surface area contributed by atoms with E-state index in [1.165, 1.54) is 47.3 Å². The van der Waals surface area contributed by atoms with Crippen LogP contribution >= 0.6 is 0 Å². The van der Waals surface area contributed by atoms with Crippen LogP contribution in [0.15, 0.2) is 30.3 Å². The van der Waals surface area contributed by atoms with Crippen molar-refractivity contribution in [3.8, 4) is 17.2 Å². The SMILES string of the molecule is COc1cc(CNC(=O)c2cc(NC(C)=O)cc(NC(C)=O)c2)cc(OC)c1OC. The molecule has 0 bridgehead atoms. The van der Waals surface area contributed by atoms with Gasteiger partial charge in [-0.25, -0.2) is 0 Å². The first-order valence-electron chi connectivity index (χ1n) is 9.04. The summed E-state index contributed by atoms with van der Waals surface area (Å²) in [4.78, 5) is 35.5. The zero-order chi connectivity index (χ0) is 22.3. The van der Waals surface area contributed by atoms with Crippen LogP contribution in [-0.2, 0) is 16.1 Å². The first-order valence-corrected chi connectivity index (χ1v) is 9.04. The molecule has 160 valence electrons. The molecule has 9 nitrogen and oxygen atoms in total. The maximum Gasteiger partial charge on any atom is 0.251 e. The Morgan fingerprint density at radius 1 is 0.767 bits per heavy atom. The Bertz CT molecular complexity index is 898. The Kier molecular flexibility index (Phi) is 7.62. The van der Waals surface area contributed by atoms with Crippen molar-refractivity contribution in [3.63, 3.8) is 0 Å². The van der Waals surface area contributed by atoms with Crippen molar-refractivity contribution in [2.45, 2.75) is 20.4 Å². The average molecular weight is 415 g/mol. The summed E-state index contributed by atoms with van der Waals surface area (Å²) >= 11 is 0. The normalized spacial score (nSPS) is 10.0. The highest BCUT2D eigenvalue weighted by atomic mass is 16.5. The standard InChI is InChI=1S/C21H25N3O6/c1-12(25)23-16-8-15(9-17(10-16)24-13(2)26)21(27)22-11-14-6-18(28-3)20(30-5)19(7-14)29-4/h6-10H,11H2,1-5H3,(H,22,27)(H,23,25)(H,24,26). The van der Waals surface area contributed by atoms with Crippen molar-refractivity contribution in [1.82, 2.24) is 5.32 Å². The third kappa shape index (κ3) is 5.87. The number of benzene rings is 2. The summed E-state index contributed by atoms with van der Waals surface area (Å²) in [5.74, 6) is 0.432. The third-order valence-electron chi connectivity index (χ3n) is 4.01. The van der Waals surface area contributed by atoms with E-state index in [1.54, 1.807) is 18.2 Å². The third-order valence-corrected chi connectivity index (χ3v) is 4.01. The number of carbonyl (C=O) groups excluding carboxylic acids is 3. The molecule has 2 aromatic carbocycles. The molecule has 0 atom stereocenters. The Hall–Kier alpha value is -3.75. The Morgan fingerprint density at radius 3 is 1.67 bits per heavy atom. The monoisotopic (exact) mass is 415 g/mol. The maximum atomic E-state index is 12.7. The summed E-state index contributed by atoms with van der Waals surface area (Å²) in [5.41, 5.74) is 1.80. The van der Waals surface area contributed by atoms with Crippen molar-refractivity contribution in [2.75, 3.05) is 32.0 Å². The van der Waals surface area contributed by atoms with Crippen LogP contribution < -0.4 is 30.2 Å². The van der Waals surface area contributed by atoms with Gasteiger partial charge in [0.2, 0.25) is 17.6 Å². The van der Waals surface area contributed by atoms with E-state index in [9.17, 15) is 14.4 Å². The highest BCUT2D eigenvalue weighted by molar-refractivity contribution is 5.99. The van der Waals surface area contributed by atoms with Crippen LogP contribution in [0.1, 0.15) is 29.8 Å². The highest BCUT2D eigenvalue weighted by Gasteiger charge is 2.15. The molecule has 30 heavy (non-hydrogen) atoms. The van der Waals surface area contributed by atoms with Gasteiger partial charge in [-0.2, -0.15) is 0 Å². The molecule has 0 aliphatic heterocycles. The second-order valence-electron chi connectivity index (χ2n) is 6.38. The van der Waals surface area contributed by atoms with Gasteiger partial charge in [-0.05, 0) is 35.9 Å². The molecule has 0 unspecified atom stereocenters. The zero-order valence-electron chi connectivity index (χ0n) is 17.5. The van der Waals surface area contributed by atoms with Gasteiger partial charge in [-0.3, -0.25) is 14.4 Å². The van der Waals surface area contributed by atoms with E-state index in [1.807, 2.05) is 0 Å². The van der Waals surface area contributed by atoms with Crippen LogP contribution in [0, 0.1) is 0 Å². The van der Waals surface area contributed by atoms with Gasteiger partial charge >= 0.3 is 0 Å². The van der Waals surface area contributed by atoms with Crippen molar-refractivity contribution >= 4 is 29.1 Å². The fourth-order valence-corrected chi connectivity index (χ4v) is 2.83. The number of rotatable bonds is 8. The number of nitrogens with one attached hydrogen (secondary N) is 3. The molecule has 0 aliphatic carbocycles. The van der Waals surface area contributed by atoms with Crippen LogP contribution in [0.3, 0.4) is 0 Å². The van der Waals surface area contributed by atoms with Crippen molar-refractivity contribution in [1.29, 1.82) is 0 Å². The van der Waals surface area contributed by atoms with Crippen LogP contribution in [0.25, 0.3) is 0 Å². The van der Waals surface area contributed by atoms with Crippen molar-refractivity contribution in [3.05, 3.63) is 41.5 Å². The van der Waals surface area contributed by atoms with E-state index >= 15 is 0 Å². The largest absolute Gasteiger partial charge is 0.493 e. The molecule has 0 saturated heterocycles. The first-order chi connectivity index (χ1) is 14.3. The smallest absolute Gasteiger partial charge is 0.251 e. The molecule has 0 radical (unpaired) electrons. The number of carbonyl (C=O) groups is 3. The molecule has 9 heteroatoms. The number of ether oxygens (including phenoxy) is 3. The lowest BCUT2D eigenvalue weighted by Gasteiger charge is -2.15. The van der Waals surface area contributed by atoms with E-state index in [0.717, 1.165) is 5.56 Å². The number of anilines is 2. The minimum atomic E-state index is -0.387. The molecule has 0 aliphatic rings. The van der Waals surface area contributed by atoms with Gasteiger partial charge in [0.25, 0.3) is 5.91 Å². The van der Waals surface area contributed by atoms with Gasteiger partial charge in [-0.15, -0.1) is 0 Å². The summed E-state index contributed by atoms with van der Waals surface area (Å²) in [6.07, 6.45) is 0. The number of hydrogen-bond acceptors (Lipinski definition) is 6. The Morgan fingerprint density at radius 2 is 1.27 bits per heavy atom. The number of hydrogen-bond donors (Lipinski definition) is 3. The lowest BCUT2D eigenvalue weighted by atomic mass is 10.1. The quantitative estimate of drug-likeness (QED) is 0.610. The Labute approximate surface area is 174 Å². The predicted octanol–water partition coefficient (Wildman–Crippen LogP) is 2.56. The van der Waals surface area contributed by atoms with Crippen LogP contribution in [0.2, 0.25) is 0 Å². The van der Waals surface area contributed by atoms with Crippen molar-refractivity contribution in [2.24, 2.45) is 0 Å².